The van der Waals surface area contributed by atoms with Crippen LogP contribution in [0.2, 0.25) is 0 Å². The molecular formula is C64H45N. The fraction of sp³-hybridized carbons (Fsp3) is 0.0625. The van der Waals surface area contributed by atoms with Crippen molar-refractivity contribution < 1.29 is 0 Å². The Morgan fingerprint density at radius 2 is 0.646 bits per heavy atom. The van der Waals surface area contributed by atoms with Crippen molar-refractivity contribution in [2.75, 3.05) is 4.90 Å². The van der Waals surface area contributed by atoms with Gasteiger partial charge in [0.15, 0.2) is 0 Å². The molecule has 1 heteroatoms. The number of nitrogens with zero attached hydrogens (tertiary/aromatic N) is 1. The van der Waals surface area contributed by atoms with Gasteiger partial charge in [0.2, 0.25) is 0 Å². The lowest BCUT2D eigenvalue weighted by Crippen LogP contribution is -2.26. The van der Waals surface area contributed by atoms with E-state index in [4.69, 9.17) is 0 Å². The first-order chi connectivity index (χ1) is 32.0. The van der Waals surface area contributed by atoms with Gasteiger partial charge < -0.3 is 4.90 Å². The minimum absolute atomic E-state index is 0.160. The van der Waals surface area contributed by atoms with E-state index in [9.17, 15) is 0 Å². The first-order valence-electron chi connectivity index (χ1n) is 22.8. The fourth-order valence-corrected chi connectivity index (χ4v) is 11.7. The standard InChI is InChI=1S/C64H45N/c1-63(2)56-25-13-9-21-49(56)53-36-34-47(40-60(53)63)65(62-38-33-46(39-55(62)45-19-7-4-8-20-45)44-31-29-43(30-32-44)42-17-5-3-6-18-42)48-35-37-54-52-24-12-16-28-59(52)64(61(54)41-48)57-26-14-10-22-50(57)51-23-11-15-27-58(51)64/h3-41H,1-2H3. The molecule has 0 saturated carbocycles. The highest BCUT2D eigenvalue weighted by molar-refractivity contribution is 5.98. The van der Waals surface area contributed by atoms with Gasteiger partial charge in [-0.05, 0) is 131 Å². The Bertz CT molecular complexity index is 3440. The van der Waals surface area contributed by atoms with Gasteiger partial charge in [0, 0.05) is 22.4 Å². The van der Waals surface area contributed by atoms with Crippen LogP contribution in [0.15, 0.2) is 237 Å². The zero-order valence-corrected chi connectivity index (χ0v) is 36.5. The van der Waals surface area contributed by atoms with Gasteiger partial charge in [0.1, 0.15) is 0 Å². The van der Waals surface area contributed by atoms with Crippen LogP contribution in [0.4, 0.5) is 17.1 Å². The van der Waals surface area contributed by atoms with Crippen molar-refractivity contribution >= 4 is 17.1 Å². The van der Waals surface area contributed by atoms with Crippen LogP contribution in [0.25, 0.3) is 66.8 Å². The zero-order valence-electron chi connectivity index (χ0n) is 36.5. The highest BCUT2D eigenvalue weighted by Crippen LogP contribution is 2.63. The smallest absolute Gasteiger partial charge is 0.0726 e. The average Bonchev–Trinajstić information content (AvgIpc) is 3.93. The second kappa shape index (κ2) is 14.3. The molecule has 0 aromatic heterocycles. The molecule has 0 atom stereocenters. The lowest BCUT2D eigenvalue weighted by molar-refractivity contribution is 0.660. The molecule has 10 aromatic carbocycles. The molecule has 0 radical (unpaired) electrons. The van der Waals surface area contributed by atoms with Crippen LogP contribution < -0.4 is 4.90 Å². The van der Waals surface area contributed by atoms with Crippen molar-refractivity contribution in [3.8, 4) is 66.8 Å². The summed E-state index contributed by atoms with van der Waals surface area (Å²) in [5.74, 6) is 0. The summed E-state index contributed by atoms with van der Waals surface area (Å²) in [4.78, 5) is 2.54. The topological polar surface area (TPSA) is 3.24 Å². The van der Waals surface area contributed by atoms with E-state index in [1.165, 1.54) is 100 Å². The minimum Gasteiger partial charge on any atom is -0.310 e. The second-order valence-electron chi connectivity index (χ2n) is 18.4. The summed E-state index contributed by atoms with van der Waals surface area (Å²) in [5, 5.41) is 0. The molecular weight excluding hydrogens is 783 g/mol. The average molecular weight is 828 g/mol. The summed E-state index contributed by atoms with van der Waals surface area (Å²) in [5.41, 5.74) is 25.9. The summed E-state index contributed by atoms with van der Waals surface area (Å²) >= 11 is 0. The van der Waals surface area contributed by atoms with Crippen LogP contribution in [0.1, 0.15) is 47.2 Å². The van der Waals surface area contributed by atoms with Crippen molar-refractivity contribution in [2.45, 2.75) is 24.7 Å². The molecule has 0 unspecified atom stereocenters. The van der Waals surface area contributed by atoms with Crippen molar-refractivity contribution in [3.63, 3.8) is 0 Å². The summed E-state index contributed by atoms with van der Waals surface area (Å²) in [7, 11) is 0. The third kappa shape index (κ3) is 5.46. The Hall–Kier alpha value is -8.00. The van der Waals surface area contributed by atoms with Gasteiger partial charge in [-0.15, -0.1) is 0 Å². The Kier molecular flexibility index (Phi) is 8.24. The number of anilines is 3. The van der Waals surface area contributed by atoms with Crippen LogP contribution in [-0.2, 0) is 10.8 Å². The van der Waals surface area contributed by atoms with Crippen LogP contribution in [-0.4, -0.2) is 0 Å². The highest BCUT2D eigenvalue weighted by Gasteiger charge is 2.51. The number of fused-ring (bicyclic) bond motifs is 13. The molecule has 0 N–H and O–H groups in total. The lowest BCUT2D eigenvalue weighted by Gasteiger charge is -2.33. The van der Waals surface area contributed by atoms with Crippen LogP contribution in [0.3, 0.4) is 0 Å². The number of benzene rings is 10. The summed E-state index contributed by atoms with van der Waals surface area (Å²) in [6.07, 6.45) is 0. The Morgan fingerprint density at radius 1 is 0.262 bits per heavy atom. The third-order valence-corrected chi connectivity index (χ3v) is 14.7. The Labute approximate surface area is 381 Å². The number of hydrogen-bond donors (Lipinski definition) is 0. The van der Waals surface area contributed by atoms with Crippen molar-refractivity contribution in [3.05, 3.63) is 270 Å². The molecule has 0 amide bonds. The molecule has 0 heterocycles. The van der Waals surface area contributed by atoms with E-state index in [1.807, 2.05) is 0 Å². The normalized spacial score (nSPS) is 13.9. The second-order valence-corrected chi connectivity index (χ2v) is 18.4. The molecule has 3 aliphatic carbocycles. The molecule has 0 aliphatic heterocycles. The van der Waals surface area contributed by atoms with Crippen LogP contribution in [0, 0.1) is 0 Å². The SMILES string of the molecule is CC1(C)c2ccccc2-c2ccc(N(c3ccc4c(c3)C3(c5ccccc5-c5ccccc53)c3ccccc3-4)c3ccc(-c4ccc(-c5ccccc5)cc4)cc3-c3ccccc3)cc21. The molecule has 13 rings (SSSR count). The Morgan fingerprint density at radius 3 is 1.20 bits per heavy atom. The molecule has 3 aliphatic rings. The maximum Gasteiger partial charge on any atom is 0.0726 e. The van der Waals surface area contributed by atoms with Crippen molar-refractivity contribution in [1.82, 2.24) is 0 Å². The minimum atomic E-state index is -0.458. The maximum atomic E-state index is 2.54. The first-order valence-corrected chi connectivity index (χ1v) is 22.8. The largest absolute Gasteiger partial charge is 0.310 e. The van der Waals surface area contributed by atoms with E-state index < -0.39 is 5.41 Å². The van der Waals surface area contributed by atoms with E-state index >= 15 is 0 Å². The van der Waals surface area contributed by atoms with Gasteiger partial charge in [-0.25, -0.2) is 0 Å². The quantitative estimate of drug-likeness (QED) is 0.161. The Balaban J connectivity index is 1.06. The molecule has 1 spiro atoms. The monoisotopic (exact) mass is 827 g/mol. The van der Waals surface area contributed by atoms with Gasteiger partial charge in [0.25, 0.3) is 0 Å². The van der Waals surface area contributed by atoms with Gasteiger partial charge in [-0.3, -0.25) is 0 Å². The number of hydrogen-bond acceptors (Lipinski definition) is 1. The zero-order chi connectivity index (χ0) is 43.3. The predicted molar refractivity (Wildman–Crippen MR) is 271 cm³/mol. The predicted octanol–water partition coefficient (Wildman–Crippen LogP) is 16.8. The van der Waals surface area contributed by atoms with Gasteiger partial charge in [-0.1, -0.05) is 214 Å². The van der Waals surface area contributed by atoms with Gasteiger partial charge >= 0.3 is 0 Å². The molecule has 0 bridgehead atoms. The van der Waals surface area contributed by atoms with Crippen LogP contribution in [0.5, 0.6) is 0 Å². The summed E-state index contributed by atoms with van der Waals surface area (Å²) in [6, 6.07) is 88.3. The van der Waals surface area contributed by atoms with E-state index in [2.05, 4.69) is 255 Å². The van der Waals surface area contributed by atoms with E-state index in [-0.39, 0.29) is 5.41 Å². The van der Waals surface area contributed by atoms with Gasteiger partial charge in [0.05, 0.1) is 11.1 Å². The van der Waals surface area contributed by atoms with E-state index in [1.54, 1.807) is 0 Å². The van der Waals surface area contributed by atoms with Crippen molar-refractivity contribution in [2.24, 2.45) is 0 Å². The molecule has 0 saturated heterocycles. The molecule has 10 aromatic rings. The lowest BCUT2D eigenvalue weighted by atomic mass is 9.70. The summed E-state index contributed by atoms with van der Waals surface area (Å²) in [6.45, 7) is 4.76. The van der Waals surface area contributed by atoms with E-state index in [0.29, 0.717) is 0 Å². The summed E-state index contributed by atoms with van der Waals surface area (Å²) < 4.78 is 0. The van der Waals surface area contributed by atoms with Crippen LogP contribution >= 0.6 is 0 Å². The van der Waals surface area contributed by atoms with Crippen molar-refractivity contribution in [1.29, 1.82) is 0 Å². The fourth-order valence-electron chi connectivity index (χ4n) is 11.7. The molecule has 306 valence electrons. The number of rotatable bonds is 6. The maximum absolute atomic E-state index is 2.54. The van der Waals surface area contributed by atoms with Gasteiger partial charge in [-0.2, -0.15) is 0 Å². The molecule has 1 nitrogen and oxygen atoms in total. The first kappa shape index (κ1) is 37.5. The third-order valence-electron chi connectivity index (χ3n) is 14.7. The van der Waals surface area contributed by atoms with E-state index in [0.717, 1.165) is 17.1 Å². The molecule has 0 fully saturated rings. The highest BCUT2D eigenvalue weighted by atomic mass is 15.1. The molecule has 65 heavy (non-hydrogen) atoms.